The van der Waals surface area contributed by atoms with Gasteiger partial charge in [0.1, 0.15) is 0 Å². The molecule has 0 aliphatic rings. The van der Waals surface area contributed by atoms with Crippen molar-refractivity contribution in [1.82, 2.24) is 9.99 Å². The summed E-state index contributed by atoms with van der Waals surface area (Å²) in [6.45, 7) is 1.88. The van der Waals surface area contributed by atoms with Gasteiger partial charge < -0.3 is 14.0 Å². The number of nitrogens with zero attached hydrogens (tertiary/aromatic N) is 2. The summed E-state index contributed by atoms with van der Waals surface area (Å²) in [5.41, 5.74) is 6.08. The van der Waals surface area contributed by atoms with E-state index >= 15 is 0 Å². The molecule has 27 heavy (non-hydrogen) atoms. The summed E-state index contributed by atoms with van der Waals surface area (Å²) in [5.74, 6) is 1.13. The van der Waals surface area contributed by atoms with E-state index in [1.54, 1.807) is 14.2 Å². The van der Waals surface area contributed by atoms with Gasteiger partial charge in [0.25, 0.3) is 5.91 Å². The minimum atomic E-state index is -0.224. The van der Waals surface area contributed by atoms with Gasteiger partial charge in [-0.3, -0.25) is 4.79 Å². The molecule has 3 rings (SSSR count). The zero-order valence-electron chi connectivity index (χ0n) is 15.9. The van der Waals surface area contributed by atoms with Crippen LogP contribution in [0.4, 0.5) is 0 Å². The van der Waals surface area contributed by atoms with Gasteiger partial charge in [-0.1, -0.05) is 24.3 Å². The molecule has 0 bridgehead atoms. The van der Waals surface area contributed by atoms with Crippen LogP contribution in [0.5, 0.6) is 11.5 Å². The highest BCUT2D eigenvalue weighted by atomic mass is 16.5. The molecule has 0 spiro atoms. The van der Waals surface area contributed by atoms with Crippen LogP contribution in [0.25, 0.3) is 10.9 Å². The zero-order chi connectivity index (χ0) is 19.4. The molecule has 0 unspecified atom stereocenters. The highest BCUT2D eigenvalue weighted by molar-refractivity contribution is 6.07. The number of hydrogen-bond acceptors (Lipinski definition) is 4. The number of para-hydroxylation sites is 1. The van der Waals surface area contributed by atoms with Gasteiger partial charge >= 0.3 is 0 Å². The molecule has 6 nitrogen and oxygen atoms in total. The van der Waals surface area contributed by atoms with Gasteiger partial charge in [-0.05, 0) is 30.7 Å². The largest absolute Gasteiger partial charge is 0.493 e. The van der Waals surface area contributed by atoms with Crippen LogP contribution >= 0.6 is 0 Å². The van der Waals surface area contributed by atoms with Gasteiger partial charge in [0.15, 0.2) is 11.5 Å². The molecule has 0 saturated carbocycles. The summed E-state index contributed by atoms with van der Waals surface area (Å²) >= 11 is 0. The van der Waals surface area contributed by atoms with Gasteiger partial charge in [0.05, 0.1) is 19.8 Å². The van der Waals surface area contributed by atoms with Crippen LogP contribution in [-0.4, -0.2) is 30.4 Å². The molecule has 1 amide bonds. The lowest BCUT2D eigenvalue weighted by Gasteiger charge is -2.09. The number of ether oxygens (including phenoxy) is 2. The van der Waals surface area contributed by atoms with Gasteiger partial charge in [-0.15, -0.1) is 0 Å². The SMILES string of the molecule is COc1ccc(CC(C)=NNC(=O)c2cn(C)c3ccccc23)cc1OC. The fourth-order valence-corrected chi connectivity index (χ4v) is 3.05. The molecule has 1 heterocycles. The lowest BCUT2D eigenvalue weighted by atomic mass is 10.1. The number of rotatable bonds is 6. The molecule has 1 N–H and O–H groups in total. The first-order chi connectivity index (χ1) is 13.0. The summed E-state index contributed by atoms with van der Waals surface area (Å²) in [5, 5.41) is 5.15. The van der Waals surface area contributed by atoms with E-state index in [0.29, 0.717) is 23.5 Å². The molecule has 0 fully saturated rings. The van der Waals surface area contributed by atoms with Gasteiger partial charge in [-0.2, -0.15) is 5.10 Å². The Morgan fingerprint density at radius 2 is 1.85 bits per heavy atom. The minimum Gasteiger partial charge on any atom is -0.493 e. The van der Waals surface area contributed by atoms with Crippen molar-refractivity contribution in [2.24, 2.45) is 12.1 Å². The van der Waals surface area contributed by atoms with Gasteiger partial charge in [0, 0.05) is 36.3 Å². The number of hydrazone groups is 1. The fraction of sp³-hybridized carbons (Fsp3) is 0.238. The van der Waals surface area contributed by atoms with E-state index in [4.69, 9.17) is 9.47 Å². The molecule has 3 aromatic rings. The fourth-order valence-electron chi connectivity index (χ4n) is 3.05. The summed E-state index contributed by atoms with van der Waals surface area (Å²) in [7, 11) is 5.13. The Hall–Kier alpha value is -3.28. The predicted molar refractivity (Wildman–Crippen MR) is 107 cm³/mol. The maximum Gasteiger partial charge on any atom is 0.273 e. The van der Waals surface area contributed by atoms with E-state index < -0.39 is 0 Å². The molecule has 0 atom stereocenters. The summed E-state index contributed by atoms with van der Waals surface area (Å²) < 4.78 is 12.5. The highest BCUT2D eigenvalue weighted by Crippen LogP contribution is 2.27. The third-order valence-electron chi connectivity index (χ3n) is 4.40. The van der Waals surface area contributed by atoms with Crippen LogP contribution in [0.1, 0.15) is 22.8 Å². The van der Waals surface area contributed by atoms with Crippen molar-refractivity contribution in [3.8, 4) is 11.5 Å². The molecule has 140 valence electrons. The van der Waals surface area contributed by atoms with E-state index in [1.165, 1.54) is 0 Å². The maximum absolute atomic E-state index is 12.5. The zero-order valence-corrected chi connectivity index (χ0v) is 15.9. The summed E-state index contributed by atoms with van der Waals surface area (Å²) in [6.07, 6.45) is 2.41. The van der Waals surface area contributed by atoms with Gasteiger partial charge in [0.2, 0.25) is 0 Å². The Morgan fingerprint density at radius 1 is 1.11 bits per heavy atom. The van der Waals surface area contributed by atoms with Crippen LogP contribution < -0.4 is 14.9 Å². The molecule has 0 saturated heterocycles. The van der Waals surface area contributed by atoms with Crippen LogP contribution in [0.15, 0.2) is 53.8 Å². The number of hydrogen-bond donors (Lipinski definition) is 1. The molecule has 2 aromatic carbocycles. The van der Waals surface area contributed by atoms with E-state index in [0.717, 1.165) is 22.2 Å². The number of aromatic nitrogens is 1. The number of aryl methyl sites for hydroxylation is 1. The summed E-state index contributed by atoms with van der Waals surface area (Å²) in [4.78, 5) is 12.5. The highest BCUT2D eigenvalue weighted by Gasteiger charge is 2.13. The molecule has 6 heteroatoms. The number of benzene rings is 2. The van der Waals surface area contributed by atoms with Gasteiger partial charge in [-0.25, -0.2) is 5.43 Å². The lowest BCUT2D eigenvalue weighted by Crippen LogP contribution is -2.19. The Labute approximate surface area is 158 Å². The number of carbonyl (C=O) groups is 1. The number of fused-ring (bicyclic) bond motifs is 1. The number of methoxy groups -OCH3 is 2. The van der Waals surface area contributed by atoms with E-state index in [-0.39, 0.29) is 5.91 Å². The van der Waals surface area contributed by atoms with Crippen molar-refractivity contribution in [1.29, 1.82) is 0 Å². The van der Waals surface area contributed by atoms with Crippen LogP contribution in [0, 0.1) is 0 Å². The Kier molecular flexibility index (Phi) is 5.45. The third kappa shape index (κ3) is 3.95. The quantitative estimate of drug-likeness (QED) is 0.537. The normalized spacial score (nSPS) is 11.5. The van der Waals surface area contributed by atoms with E-state index in [9.17, 15) is 4.79 Å². The minimum absolute atomic E-state index is 0.224. The second-order valence-corrected chi connectivity index (χ2v) is 6.32. The first-order valence-electron chi connectivity index (χ1n) is 8.62. The van der Waals surface area contributed by atoms with E-state index in [2.05, 4.69) is 10.5 Å². The predicted octanol–water partition coefficient (Wildman–Crippen LogP) is 3.54. The van der Waals surface area contributed by atoms with Crippen molar-refractivity contribution >= 4 is 22.5 Å². The Balaban J connectivity index is 1.72. The standard InChI is InChI=1S/C21H23N3O3/c1-14(11-15-9-10-19(26-3)20(12-15)27-4)22-23-21(25)17-13-24(2)18-8-6-5-7-16(17)18/h5-10,12-13H,11H2,1-4H3,(H,23,25). The van der Waals surface area contributed by atoms with Crippen molar-refractivity contribution < 1.29 is 14.3 Å². The molecule has 1 aromatic heterocycles. The first kappa shape index (κ1) is 18.5. The smallest absolute Gasteiger partial charge is 0.273 e. The lowest BCUT2D eigenvalue weighted by molar-refractivity contribution is 0.0956. The van der Waals surface area contributed by atoms with Crippen LogP contribution in [0.3, 0.4) is 0 Å². The number of amides is 1. The van der Waals surface area contributed by atoms with Crippen molar-refractivity contribution in [3.05, 3.63) is 59.8 Å². The maximum atomic E-state index is 12.5. The topological polar surface area (TPSA) is 64.8 Å². The van der Waals surface area contributed by atoms with Crippen LogP contribution in [0.2, 0.25) is 0 Å². The second kappa shape index (κ2) is 7.95. The molecule has 0 aliphatic heterocycles. The Morgan fingerprint density at radius 3 is 2.59 bits per heavy atom. The second-order valence-electron chi connectivity index (χ2n) is 6.32. The first-order valence-corrected chi connectivity index (χ1v) is 8.62. The van der Waals surface area contributed by atoms with Crippen molar-refractivity contribution in [3.63, 3.8) is 0 Å². The molecular formula is C21H23N3O3. The third-order valence-corrected chi connectivity index (χ3v) is 4.40. The van der Waals surface area contributed by atoms with Crippen LogP contribution in [-0.2, 0) is 13.5 Å². The average Bonchev–Trinajstić information content (AvgIpc) is 3.03. The number of carbonyl (C=O) groups excluding carboxylic acids is 1. The monoisotopic (exact) mass is 365 g/mol. The molecule has 0 aliphatic carbocycles. The molecular weight excluding hydrogens is 342 g/mol. The van der Waals surface area contributed by atoms with E-state index in [1.807, 2.05) is 67.2 Å². The van der Waals surface area contributed by atoms with Crippen molar-refractivity contribution in [2.75, 3.05) is 14.2 Å². The average molecular weight is 365 g/mol. The molecule has 0 radical (unpaired) electrons. The van der Waals surface area contributed by atoms with Crippen molar-refractivity contribution in [2.45, 2.75) is 13.3 Å². The summed E-state index contributed by atoms with van der Waals surface area (Å²) in [6, 6.07) is 13.5. The number of nitrogens with one attached hydrogen (secondary N) is 1. The Bertz CT molecular complexity index is 1010.